The first-order valence-corrected chi connectivity index (χ1v) is 6.99. The largest absolute Gasteiger partial charge is 0.497 e. The van der Waals surface area contributed by atoms with E-state index in [1.807, 2.05) is 19.2 Å². The number of fused-ring (bicyclic) bond motifs is 1. The average molecular weight is 287 g/mol. The fourth-order valence-corrected chi connectivity index (χ4v) is 2.76. The van der Waals surface area contributed by atoms with E-state index in [-0.39, 0.29) is 11.9 Å². The molecule has 0 saturated heterocycles. The molecule has 0 spiro atoms. The molecule has 1 atom stereocenters. The van der Waals surface area contributed by atoms with Crippen LogP contribution in [0.15, 0.2) is 36.4 Å². The molecule has 1 unspecified atom stereocenters. The predicted molar refractivity (Wildman–Crippen MR) is 79.5 cm³/mol. The second-order valence-corrected chi connectivity index (χ2v) is 5.07. The monoisotopic (exact) mass is 287 g/mol. The number of benzene rings is 2. The van der Waals surface area contributed by atoms with Crippen LogP contribution in [-0.4, -0.2) is 20.8 Å². The van der Waals surface area contributed by atoms with Crippen molar-refractivity contribution < 1.29 is 13.9 Å². The molecule has 3 nitrogen and oxygen atoms in total. The standard InChI is InChI=1S/C17H18FNO2/c1-19-17(14-5-4-13(20-2)10-15(14)18)12-3-6-16-11(9-12)7-8-21-16/h3-6,9-10,17,19H,7-8H2,1-2H3. The van der Waals surface area contributed by atoms with Crippen LogP contribution in [0.4, 0.5) is 4.39 Å². The number of hydrogen-bond acceptors (Lipinski definition) is 3. The fourth-order valence-electron chi connectivity index (χ4n) is 2.76. The fraction of sp³-hybridized carbons (Fsp3) is 0.294. The van der Waals surface area contributed by atoms with Crippen molar-refractivity contribution in [2.75, 3.05) is 20.8 Å². The van der Waals surface area contributed by atoms with Gasteiger partial charge in [0.2, 0.25) is 0 Å². The van der Waals surface area contributed by atoms with Crippen LogP contribution < -0.4 is 14.8 Å². The van der Waals surface area contributed by atoms with Gasteiger partial charge in [-0.25, -0.2) is 4.39 Å². The minimum Gasteiger partial charge on any atom is -0.497 e. The topological polar surface area (TPSA) is 30.5 Å². The Hall–Kier alpha value is -2.07. The van der Waals surface area contributed by atoms with Gasteiger partial charge in [0.1, 0.15) is 17.3 Å². The molecule has 0 saturated carbocycles. The lowest BCUT2D eigenvalue weighted by Gasteiger charge is -2.19. The van der Waals surface area contributed by atoms with Gasteiger partial charge in [-0.05, 0) is 30.3 Å². The maximum absolute atomic E-state index is 14.3. The van der Waals surface area contributed by atoms with Crippen LogP contribution in [0.5, 0.6) is 11.5 Å². The summed E-state index contributed by atoms with van der Waals surface area (Å²) >= 11 is 0. The van der Waals surface area contributed by atoms with Crippen molar-refractivity contribution in [3.63, 3.8) is 0 Å². The molecule has 21 heavy (non-hydrogen) atoms. The Morgan fingerprint density at radius 2 is 2.10 bits per heavy atom. The Morgan fingerprint density at radius 3 is 2.81 bits per heavy atom. The maximum atomic E-state index is 14.3. The van der Waals surface area contributed by atoms with Crippen molar-refractivity contribution in [1.29, 1.82) is 0 Å². The molecule has 110 valence electrons. The number of rotatable bonds is 4. The van der Waals surface area contributed by atoms with Crippen LogP contribution in [-0.2, 0) is 6.42 Å². The number of methoxy groups -OCH3 is 1. The third-order valence-corrected chi connectivity index (χ3v) is 3.85. The third-order valence-electron chi connectivity index (χ3n) is 3.85. The summed E-state index contributed by atoms with van der Waals surface area (Å²) < 4.78 is 24.9. The summed E-state index contributed by atoms with van der Waals surface area (Å²) in [6.07, 6.45) is 0.907. The summed E-state index contributed by atoms with van der Waals surface area (Å²) in [4.78, 5) is 0. The zero-order valence-electron chi connectivity index (χ0n) is 12.2. The second kappa shape index (κ2) is 5.74. The van der Waals surface area contributed by atoms with Gasteiger partial charge in [-0.1, -0.05) is 18.2 Å². The van der Waals surface area contributed by atoms with Crippen molar-refractivity contribution in [2.24, 2.45) is 0 Å². The molecular weight excluding hydrogens is 269 g/mol. The molecule has 0 aromatic heterocycles. The molecule has 0 amide bonds. The Bertz CT molecular complexity index is 657. The molecule has 0 aliphatic carbocycles. The minimum atomic E-state index is -0.273. The second-order valence-electron chi connectivity index (χ2n) is 5.07. The van der Waals surface area contributed by atoms with Gasteiger partial charge in [-0.2, -0.15) is 0 Å². The van der Waals surface area contributed by atoms with Gasteiger partial charge in [0.05, 0.1) is 19.8 Å². The molecule has 1 aliphatic heterocycles. The highest BCUT2D eigenvalue weighted by molar-refractivity contribution is 5.44. The third kappa shape index (κ3) is 2.59. The van der Waals surface area contributed by atoms with E-state index in [9.17, 15) is 4.39 Å². The van der Waals surface area contributed by atoms with E-state index in [4.69, 9.17) is 9.47 Å². The molecule has 2 aromatic carbocycles. The summed E-state index contributed by atoms with van der Waals surface area (Å²) in [7, 11) is 3.36. The van der Waals surface area contributed by atoms with Crippen LogP contribution in [0.25, 0.3) is 0 Å². The van der Waals surface area contributed by atoms with Crippen LogP contribution >= 0.6 is 0 Å². The Morgan fingerprint density at radius 1 is 1.24 bits per heavy atom. The van der Waals surface area contributed by atoms with Gasteiger partial charge in [0.25, 0.3) is 0 Å². The van der Waals surface area contributed by atoms with Crippen molar-refractivity contribution in [3.8, 4) is 11.5 Å². The zero-order chi connectivity index (χ0) is 14.8. The van der Waals surface area contributed by atoms with E-state index in [2.05, 4.69) is 11.4 Å². The lowest BCUT2D eigenvalue weighted by Crippen LogP contribution is -2.19. The van der Waals surface area contributed by atoms with Gasteiger partial charge in [-0.15, -0.1) is 0 Å². The maximum Gasteiger partial charge on any atom is 0.132 e. The Balaban J connectivity index is 1.98. The molecule has 0 radical (unpaired) electrons. The van der Waals surface area contributed by atoms with Crippen LogP contribution in [0.3, 0.4) is 0 Å². The highest BCUT2D eigenvalue weighted by atomic mass is 19.1. The van der Waals surface area contributed by atoms with Crippen LogP contribution in [0.2, 0.25) is 0 Å². The molecule has 0 bridgehead atoms. The smallest absolute Gasteiger partial charge is 0.132 e. The van der Waals surface area contributed by atoms with Crippen molar-refractivity contribution in [3.05, 3.63) is 58.9 Å². The van der Waals surface area contributed by atoms with Crippen molar-refractivity contribution in [1.82, 2.24) is 5.32 Å². The first kappa shape index (κ1) is 13.9. The lowest BCUT2D eigenvalue weighted by atomic mass is 9.96. The number of nitrogens with one attached hydrogen (secondary N) is 1. The first-order chi connectivity index (χ1) is 10.2. The van der Waals surface area contributed by atoms with Crippen molar-refractivity contribution in [2.45, 2.75) is 12.5 Å². The van der Waals surface area contributed by atoms with E-state index in [0.29, 0.717) is 11.3 Å². The quantitative estimate of drug-likeness (QED) is 0.937. The van der Waals surface area contributed by atoms with Gasteiger partial charge >= 0.3 is 0 Å². The van der Waals surface area contributed by atoms with E-state index >= 15 is 0 Å². The summed E-state index contributed by atoms with van der Waals surface area (Å²) in [5, 5.41) is 3.18. The molecule has 4 heteroatoms. The Labute approximate surface area is 123 Å². The van der Waals surface area contributed by atoms with Gasteiger partial charge < -0.3 is 14.8 Å². The first-order valence-electron chi connectivity index (χ1n) is 6.99. The number of hydrogen-bond donors (Lipinski definition) is 1. The van der Waals surface area contributed by atoms with E-state index in [0.717, 1.165) is 24.3 Å². The highest BCUT2D eigenvalue weighted by Gasteiger charge is 2.20. The van der Waals surface area contributed by atoms with Gasteiger partial charge in [0.15, 0.2) is 0 Å². The van der Waals surface area contributed by atoms with E-state index in [1.165, 1.54) is 18.7 Å². The zero-order valence-corrected chi connectivity index (χ0v) is 12.2. The van der Waals surface area contributed by atoms with Crippen LogP contribution in [0, 0.1) is 5.82 Å². The molecule has 0 fully saturated rings. The van der Waals surface area contributed by atoms with Crippen molar-refractivity contribution >= 4 is 0 Å². The SMILES string of the molecule is CNC(c1ccc2c(c1)CCO2)c1ccc(OC)cc1F. The molecule has 2 aromatic rings. The van der Waals surface area contributed by atoms with Crippen LogP contribution in [0.1, 0.15) is 22.7 Å². The molecule has 1 heterocycles. The normalized spacial score (nSPS) is 14.4. The minimum absolute atomic E-state index is 0.193. The van der Waals surface area contributed by atoms with Gasteiger partial charge in [-0.3, -0.25) is 0 Å². The lowest BCUT2D eigenvalue weighted by molar-refractivity contribution is 0.357. The molecule has 1 N–H and O–H groups in total. The molecule has 1 aliphatic rings. The molecule has 3 rings (SSSR count). The number of halogens is 1. The predicted octanol–water partition coefficient (Wildman–Crippen LogP) is 3.08. The summed E-state index contributed by atoms with van der Waals surface area (Å²) in [6.45, 7) is 0.722. The summed E-state index contributed by atoms with van der Waals surface area (Å²) in [6, 6.07) is 10.8. The van der Waals surface area contributed by atoms with E-state index < -0.39 is 0 Å². The summed E-state index contributed by atoms with van der Waals surface area (Å²) in [5.41, 5.74) is 2.82. The van der Waals surface area contributed by atoms with E-state index in [1.54, 1.807) is 12.1 Å². The molecular formula is C17H18FNO2. The summed E-state index contributed by atoms with van der Waals surface area (Å²) in [5.74, 6) is 1.18. The number of ether oxygens (including phenoxy) is 2. The average Bonchev–Trinajstić information content (AvgIpc) is 2.97. The van der Waals surface area contributed by atoms with Gasteiger partial charge in [0, 0.05) is 18.1 Å². The Kier molecular flexibility index (Phi) is 3.80. The highest BCUT2D eigenvalue weighted by Crippen LogP contribution is 2.32.